The molecule has 6 nitrogen and oxygen atoms in total. The first-order chi connectivity index (χ1) is 13.6. The van der Waals surface area contributed by atoms with Crippen molar-refractivity contribution >= 4 is 29.9 Å². The third-order valence-corrected chi connectivity index (χ3v) is 5.54. The second kappa shape index (κ2) is 11.5. The molecule has 0 unspecified atom stereocenters. The van der Waals surface area contributed by atoms with Gasteiger partial charge < -0.3 is 15.2 Å². The van der Waals surface area contributed by atoms with Crippen LogP contribution in [0.15, 0.2) is 47.7 Å². The molecule has 2 N–H and O–H groups in total. The number of nitrogens with one attached hydrogen (secondary N) is 2. The molecule has 1 aromatic carbocycles. The van der Waals surface area contributed by atoms with Crippen LogP contribution in [0.3, 0.4) is 0 Å². The molecule has 1 aliphatic heterocycles. The topological polar surface area (TPSA) is 57.5 Å². The predicted molar refractivity (Wildman–Crippen MR) is 131 cm³/mol. The molecular weight excluding hydrogens is 475 g/mol. The van der Waals surface area contributed by atoms with E-state index in [0.717, 1.165) is 24.9 Å². The van der Waals surface area contributed by atoms with Crippen molar-refractivity contribution in [2.75, 3.05) is 26.7 Å². The Balaban J connectivity index is 0.00000300. The molecule has 0 atom stereocenters. The zero-order valence-corrected chi connectivity index (χ0v) is 20.2. The number of aliphatic imine (C=N–C) groups is 1. The average molecular weight is 510 g/mol. The third-order valence-electron chi connectivity index (χ3n) is 5.54. The maximum Gasteiger partial charge on any atom is 0.191 e. The fourth-order valence-corrected chi connectivity index (χ4v) is 3.73. The molecule has 160 valence electrons. The second-order valence-corrected chi connectivity index (χ2v) is 8.10. The van der Waals surface area contributed by atoms with E-state index in [9.17, 15) is 0 Å². The molecule has 0 aliphatic carbocycles. The second-order valence-electron chi connectivity index (χ2n) is 8.10. The van der Waals surface area contributed by atoms with Crippen LogP contribution in [-0.4, -0.2) is 52.6 Å². The molecule has 1 aliphatic rings. The van der Waals surface area contributed by atoms with Gasteiger partial charge in [0, 0.05) is 38.1 Å². The Hall–Kier alpha value is -1.61. The summed E-state index contributed by atoms with van der Waals surface area (Å²) in [7, 11) is 1.82. The van der Waals surface area contributed by atoms with Gasteiger partial charge in [0.2, 0.25) is 0 Å². The summed E-state index contributed by atoms with van der Waals surface area (Å²) < 4.78 is 2.17. The lowest BCUT2D eigenvalue weighted by molar-refractivity contribution is 0.0982. The van der Waals surface area contributed by atoms with Crippen LogP contribution in [-0.2, 0) is 13.1 Å². The quantitative estimate of drug-likeness (QED) is 0.340. The van der Waals surface area contributed by atoms with Crippen molar-refractivity contribution in [1.82, 2.24) is 25.1 Å². The van der Waals surface area contributed by atoms with Crippen molar-refractivity contribution < 1.29 is 0 Å². The standard InChI is InChI=1S/C22H34N6.HI/c1-22(2,28-13-8-5-9-14-28)18-26-21(23-3)25-16-20-24-12-15-27(20)17-19-10-6-4-7-11-19;/h4,6-7,10-12,15H,5,8-9,13-14,16-18H2,1-3H3,(H2,23,25,26);1H. The number of likely N-dealkylation sites (tertiary alicyclic amines) is 1. The van der Waals surface area contributed by atoms with Gasteiger partial charge in [-0.25, -0.2) is 4.98 Å². The molecule has 0 saturated carbocycles. The molecule has 0 bridgehead atoms. The van der Waals surface area contributed by atoms with Crippen LogP contribution in [0.5, 0.6) is 0 Å². The van der Waals surface area contributed by atoms with Gasteiger partial charge in [0.25, 0.3) is 0 Å². The van der Waals surface area contributed by atoms with Crippen molar-refractivity contribution in [1.29, 1.82) is 0 Å². The van der Waals surface area contributed by atoms with Crippen molar-refractivity contribution in [2.24, 2.45) is 4.99 Å². The normalized spacial score (nSPS) is 15.6. The van der Waals surface area contributed by atoms with Crippen LogP contribution >= 0.6 is 24.0 Å². The van der Waals surface area contributed by atoms with E-state index in [4.69, 9.17) is 0 Å². The molecule has 1 aromatic heterocycles. The van der Waals surface area contributed by atoms with Gasteiger partial charge in [0.05, 0.1) is 6.54 Å². The summed E-state index contributed by atoms with van der Waals surface area (Å²) in [5.41, 5.74) is 1.39. The highest BCUT2D eigenvalue weighted by atomic mass is 127. The highest BCUT2D eigenvalue weighted by Crippen LogP contribution is 2.19. The molecule has 2 heterocycles. The van der Waals surface area contributed by atoms with Crippen molar-refractivity contribution in [3.8, 4) is 0 Å². The fourth-order valence-electron chi connectivity index (χ4n) is 3.73. The fraction of sp³-hybridized carbons (Fsp3) is 0.545. The van der Waals surface area contributed by atoms with Gasteiger partial charge in [-0.1, -0.05) is 36.8 Å². The zero-order chi connectivity index (χ0) is 19.8. The van der Waals surface area contributed by atoms with E-state index < -0.39 is 0 Å². The van der Waals surface area contributed by atoms with Gasteiger partial charge in [-0.15, -0.1) is 24.0 Å². The van der Waals surface area contributed by atoms with E-state index in [-0.39, 0.29) is 29.5 Å². The Kier molecular flexibility index (Phi) is 9.42. The van der Waals surface area contributed by atoms with Crippen LogP contribution in [0.1, 0.15) is 44.5 Å². The Bertz CT molecular complexity index is 750. The van der Waals surface area contributed by atoms with Crippen LogP contribution in [0.2, 0.25) is 0 Å². The van der Waals surface area contributed by atoms with E-state index in [0.29, 0.717) is 6.54 Å². The van der Waals surface area contributed by atoms with Crippen molar-refractivity contribution in [3.05, 3.63) is 54.1 Å². The molecule has 2 aromatic rings. The number of hydrogen-bond acceptors (Lipinski definition) is 3. The van der Waals surface area contributed by atoms with E-state index >= 15 is 0 Å². The highest BCUT2D eigenvalue weighted by Gasteiger charge is 2.27. The van der Waals surface area contributed by atoms with Gasteiger partial charge >= 0.3 is 0 Å². The molecule has 0 amide bonds. The maximum absolute atomic E-state index is 4.51. The molecule has 0 radical (unpaired) electrons. The van der Waals surface area contributed by atoms with Crippen molar-refractivity contribution in [2.45, 2.75) is 51.7 Å². The minimum absolute atomic E-state index is 0. The van der Waals surface area contributed by atoms with Crippen LogP contribution in [0, 0.1) is 0 Å². The first-order valence-corrected chi connectivity index (χ1v) is 10.3. The Labute approximate surface area is 192 Å². The van der Waals surface area contributed by atoms with Gasteiger partial charge in [-0.2, -0.15) is 0 Å². The Morgan fingerprint density at radius 3 is 2.52 bits per heavy atom. The predicted octanol–water partition coefficient (Wildman–Crippen LogP) is 3.48. The highest BCUT2D eigenvalue weighted by molar-refractivity contribution is 14.0. The van der Waals surface area contributed by atoms with Crippen molar-refractivity contribution in [3.63, 3.8) is 0 Å². The Morgan fingerprint density at radius 2 is 1.83 bits per heavy atom. The molecular formula is C22H35IN6. The summed E-state index contributed by atoms with van der Waals surface area (Å²) in [6.07, 6.45) is 7.86. The number of benzene rings is 1. The largest absolute Gasteiger partial charge is 0.355 e. The lowest BCUT2D eigenvalue weighted by atomic mass is 9.98. The number of hydrogen-bond donors (Lipinski definition) is 2. The molecule has 3 rings (SSSR count). The molecule has 29 heavy (non-hydrogen) atoms. The zero-order valence-electron chi connectivity index (χ0n) is 17.9. The summed E-state index contributed by atoms with van der Waals surface area (Å²) in [6, 6.07) is 10.5. The van der Waals surface area contributed by atoms with Crippen LogP contribution in [0.4, 0.5) is 0 Å². The lowest BCUT2D eigenvalue weighted by Gasteiger charge is -2.41. The summed E-state index contributed by atoms with van der Waals surface area (Å²) >= 11 is 0. The van der Waals surface area contributed by atoms with Crippen LogP contribution < -0.4 is 10.6 Å². The summed E-state index contributed by atoms with van der Waals surface area (Å²) in [5, 5.41) is 6.91. The lowest BCUT2D eigenvalue weighted by Crippen LogP contribution is -2.54. The van der Waals surface area contributed by atoms with Crippen LogP contribution in [0.25, 0.3) is 0 Å². The number of nitrogens with zero attached hydrogens (tertiary/aromatic N) is 4. The Morgan fingerprint density at radius 1 is 1.10 bits per heavy atom. The van der Waals surface area contributed by atoms with E-state index in [1.54, 1.807) is 0 Å². The number of piperidine rings is 1. The minimum Gasteiger partial charge on any atom is -0.355 e. The SMILES string of the molecule is CN=C(NCc1nccn1Cc1ccccc1)NCC(C)(C)N1CCCCC1.I. The van der Waals surface area contributed by atoms with Gasteiger partial charge in [-0.05, 0) is 45.3 Å². The summed E-state index contributed by atoms with van der Waals surface area (Å²) in [5.74, 6) is 1.82. The molecule has 7 heteroatoms. The third kappa shape index (κ3) is 6.99. The molecule has 1 saturated heterocycles. The number of halogens is 1. The first-order valence-electron chi connectivity index (χ1n) is 10.3. The monoisotopic (exact) mass is 510 g/mol. The first kappa shape index (κ1) is 23.7. The van der Waals surface area contributed by atoms with E-state index in [1.165, 1.54) is 37.9 Å². The van der Waals surface area contributed by atoms with Gasteiger partial charge in [0.15, 0.2) is 5.96 Å². The smallest absolute Gasteiger partial charge is 0.191 e. The average Bonchev–Trinajstić information content (AvgIpc) is 3.16. The number of guanidine groups is 1. The maximum atomic E-state index is 4.51. The number of rotatable bonds is 7. The number of aromatic nitrogens is 2. The summed E-state index contributed by atoms with van der Waals surface area (Å²) in [6.45, 7) is 9.34. The molecule has 1 fully saturated rings. The van der Waals surface area contributed by atoms with Gasteiger partial charge in [-0.3, -0.25) is 9.89 Å². The number of imidazole rings is 1. The molecule has 0 spiro atoms. The van der Waals surface area contributed by atoms with E-state index in [1.807, 2.05) is 25.5 Å². The summed E-state index contributed by atoms with van der Waals surface area (Å²) in [4.78, 5) is 11.5. The van der Waals surface area contributed by atoms with Gasteiger partial charge in [0.1, 0.15) is 5.82 Å². The minimum atomic E-state index is 0. The van der Waals surface area contributed by atoms with E-state index in [2.05, 4.69) is 68.2 Å².